The predicted molar refractivity (Wildman–Crippen MR) is 80.7 cm³/mol. The fraction of sp³-hybridized carbons (Fsp3) is 0.357. The second-order valence-electron chi connectivity index (χ2n) is 5.05. The van der Waals surface area contributed by atoms with E-state index < -0.39 is 0 Å². The first-order valence-electron chi connectivity index (χ1n) is 6.61. The van der Waals surface area contributed by atoms with Crippen molar-refractivity contribution in [3.63, 3.8) is 0 Å². The van der Waals surface area contributed by atoms with Crippen molar-refractivity contribution in [3.05, 3.63) is 23.9 Å². The maximum atomic E-state index is 12.0. The highest BCUT2D eigenvalue weighted by Crippen LogP contribution is 2.33. The van der Waals surface area contributed by atoms with Gasteiger partial charge >= 0.3 is 6.09 Å². The Morgan fingerprint density at radius 1 is 1.57 bits per heavy atom. The Morgan fingerprint density at radius 2 is 2.38 bits per heavy atom. The van der Waals surface area contributed by atoms with Crippen molar-refractivity contribution in [2.24, 2.45) is 0 Å². The molecule has 1 aliphatic heterocycles. The molecular formula is C14H15N3O3S. The summed E-state index contributed by atoms with van der Waals surface area (Å²) in [4.78, 5) is 29.7. The molecule has 1 aliphatic rings. The summed E-state index contributed by atoms with van der Waals surface area (Å²) < 4.78 is 5.26. The van der Waals surface area contributed by atoms with Crippen molar-refractivity contribution in [2.75, 3.05) is 18.0 Å². The van der Waals surface area contributed by atoms with E-state index in [-0.39, 0.29) is 18.1 Å². The molecule has 6 nitrogen and oxygen atoms in total. The van der Waals surface area contributed by atoms with E-state index in [0.717, 1.165) is 20.8 Å². The minimum absolute atomic E-state index is 0.133. The molecule has 3 heterocycles. The lowest BCUT2D eigenvalue weighted by Gasteiger charge is -2.09. The molecule has 0 unspecified atom stereocenters. The van der Waals surface area contributed by atoms with E-state index in [4.69, 9.17) is 4.74 Å². The van der Waals surface area contributed by atoms with Crippen LogP contribution in [0.4, 0.5) is 9.80 Å². The van der Waals surface area contributed by atoms with Crippen molar-refractivity contribution in [3.8, 4) is 0 Å². The number of hydrogen-bond donors (Lipinski definition) is 1. The topological polar surface area (TPSA) is 71.5 Å². The summed E-state index contributed by atoms with van der Waals surface area (Å²) >= 11 is 1.46. The largest absolute Gasteiger partial charge is 0.442 e. The maximum absolute atomic E-state index is 12.0. The van der Waals surface area contributed by atoms with Crippen LogP contribution in [0.1, 0.15) is 12.5 Å². The minimum Gasteiger partial charge on any atom is -0.442 e. The number of rotatable bonds is 3. The normalized spacial score (nSPS) is 18.1. The maximum Gasteiger partial charge on any atom is 0.415 e. The molecule has 2 amide bonds. The summed E-state index contributed by atoms with van der Waals surface area (Å²) in [6, 6.07) is 3.99. The minimum atomic E-state index is -0.381. The summed E-state index contributed by atoms with van der Waals surface area (Å²) in [5.74, 6) is -0.133. The second kappa shape index (κ2) is 5.33. The summed E-state index contributed by atoms with van der Waals surface area (Å²) in [6.07, 6.45) is 1.11. The second-order valence-corrected chi connectivity index (χ2v) is 6.05. The third kappa shape index (κ3) is 2.82. The van der Waals surface area contributed by atoms with Crippen molar-refractivity contribution < 1.29 is 14.3 Å². The number of ether oxygens (including phenoxy) is 1. The van der Waals surface area contributed by atoms with E-state index in [9.17, 15) is 9.59 Å². The van der Waals surface area contributed by atoms with Gasteiger partial charge in [0.15, 0.2) is 0 Å². The first kappa shape index (κ1) is 13.8. The molecule has 1 N–H and O–H groups in total. The quantitative estimate of drug-likeness (QED) is 0.942. The van der Waals surface area contributed by atoms with Gasteiger partial charge in [0.05, 0.1) is 13.1 Å². The molecule has 2 aromatic heterocycles. The zero-order valence-electron chi connectivity index (χ0n) is 11.8. The number of amides is 2. The molecule has 0 aliphatic carbocycles. The Morgan fingerprint density at radius 3 is 3.14 bits per heavy atom. The van der Waals surface area contributed by atoms with Gasteiger partial charge in [0.1, 0.15) is 15.9 Å². The van der Waals surface area contributed by atoms with E-state index in [2.05, 4.69) is 10.3 Å². The number of thiophene rings is 1. The van der Waals surface area contributed by atoms with E-state index in [1.54, 1.807) is 4.90 Å². The van der Waals surface area contributed by atoms with Crippen LogP contribution in [0.5, 0.6) is 0 Å². The Balaban J connectivity index is 1.79. The van der Waals surface area contributed by atoms with Crippen LogP contribution >= 0.6 is 11.3 Å². The van der Waals surface area contributed by atoms with Gasteiger partial charge in [-0.2, -0.15) is 0 Å². The molecule has 0 saturated carbocycles. The average Bonchev–Trinajstić information content (AvgIpc) is 2.99. The third-order valence-electron chi connectivity index (χ3n) is 3.21. The van der Waals surface area contributed by atoms with Crippen molar-refractivity contribution >= 4 is 38.6 Å². The Labute approximate surface area is 125 Å². The van der Waals surface area contributed by atoms with Crippen LogP contribution < -0.4 is 10.2 Å². The third-order valence-corrected chi connectivity index (χ3v) is 4.30. The van der Waals surface area contributed by atoms with Crippen LogP contribution in [-0.2, 0) is 9.53 Å². The highest BCUT2D eigenvalue weighted by molar-refractivity contribution is 7.22. The van der Waals surface area contributed by atoms with Crippen LogP contribution in [0.15, 0.2) is 18.3 Å². The molecule has 1 saturated heterocycles. The summed E-state index contributed by atoms with van der Waals surface area (Å²) in [7, 11) is 0. The van der Waals surface area contributed by atoms with Crippen molar-refractivity contribution in [2.45, 2.75) is 20.0 Å². The number of aryl methyl sites for hydroxylation is 1. The van der Waals surface area contributed by atoms with Gasteiger partial charge in [0.2, 0.25) is 5.91 Å². The Bertz CT molecular complexity index is 713. The lowest BCUT2D eigenvalue weighted by Crippen LogP contribution is -2.33. The van der Waals surface area contributed by atoms with Gasteiger partial charge in [-0.05, 0) is 24.6 Å². The highest BCUT2D eigenvalue weighted by Gasteiger charge is 2.33. The fourth-order valence-electron chi connectivity index (χ4n) is 2.23. The van der Waals surface area contributed by atoms with Crippen LogP contribution in [0, 0.1) is 6.92 Å². The molecule has 2 aromatic rings. The number of hydrogen-bond acceptors (Lipinski definition) is 5. The Kier molecular flexibility index (Phi) is 3.50. The molecule has 0 bridgehead atoms. The van der Waals surface area contributed by atoms with E-state index in [1.807, 2.05) is 25.3 Å². The van der Waals surface area contributed by atoms with Crippen molar-refractivity contribution in [1.82, 2.24) is 10.3 Å². The van der Waals surface area contributed by atoms with Gasteiger partial charge in [0.25, 0.3) is 0 Å². The number of pyridine rings is 1. The van der Waals surface area contributed by atoms with Gasteiger partial charge < -0.3 is 10.1 Å². The van der Waals surface area contributed by atoms with E-state index >= 15 is 0 Å². The van der Waals surface area contributed by atoms with Crippen LogP contribution in [-0.4, -0.2) is 36.2 Å². The summed E-state index contributed by atoms with van der Waals surface area (Å²) in [5.41, 5.74) is 1.08. The molecule has 0 spiro atoms. The molecule has 0 radical (unpaired) electrons. The smallest absolute Gasteiger partial charge is 0.415 e. The lowest BCUT2D eigenvalue weighted by atomic mass is 10.2. The number of nitrogens with one attached hydrogen (secondary N) is 1. The first-order chi connectivity index (χ1) is 10.0. The highest BCUT2D eigenvalue weighted by atomic mass is 32.1. The molecule has 1 fully saturated rings. The number of nitrogens with zero attached hydrogens (tertiary/aromatic N) is 2. The van der Waals surface area contributed by atoms with Gasteiger partial charge in [-0.25, -0.2) is 9.78 Å². The van der Waals surface area contributed by atoms with Crippen LogP contribution in [0.25, 0.3) is 10.2 Å². The predicted octanol–water partition coefficient (Wildman–Crippen LogP) is 2.07. The van der Waals surface area contributed by atoms with E-state index in [1.165, 1.54) is 18.3 Å². The molecule has 1 atom stereocenters. The molecule has 3 rings (SSSR count). The lowest BCUT2D eigenvalue weighted by molar-refractivity contribution is -0.119. The van der Waals surface area contributed by atoms with Crippen LogP contribution in [0.3, 0.4) is 0 Å². The Hall–Kier alpha value is -2.15. The number of aromatic nitrogens is 1. The van der Waals surface area contributed by atoms with E-state index in [0.29, 0.717) is 13.1 Å². The molecule has 0 aromatic carbocycles. The molecule has 7 heteroatoms. The van der Waals surface area contributed by atoms with Gasteiger partial charge in [-0.3, -0.25) is 9.69 Å². The zero-order chi connectivity index (χ0) is 15.0. The summed E-state index contributed by atoms with van der Waals surface area (Å²) in [5, 5.41) is 4.50. The monoisotopic (exact) mass is 305 g/mol. The number of carbonyl (C=O) groups is 2. The van der Waals surface area contributed by atoms with Crippen molar-refractivity contribution in [1.29, 1.82) is 0 Å². The van der Waals surface area contributed by atoms with Gasteiger partial charge in [-0.15, -0.1) is 0 Å². The molecule has 110 valence electrons. The zero-order valence-corrected chi connectivity index (χ0v) is 12.6. The number of carbonyl (C=O) groups excluding carboxylic acids is 2. The standard InChI is InChI=1S/C14H15N3O3S/c1-8-3-10-4-12(21-13(10)16-5-8)17-7-11(20-14(17)19)6-15-9(2)18/h3-5,11H,6-7H2,1-2H3,(H,15,18)/t11-/m0/s1. The number of fused-ring (bicyclic) bond motifs is 1. The number of anilines is 1. The van der Waals surface area contributed by atoms with Gasteiger partial charge in [-0.1, -0.05) is 11.3 Å². The van der Waals surface area contributed by atoms with Gasteiger partial charge in [0, 0.05) is 18.5 Å². The van der Waals surface area contributed by atoms with Crippen LogP contribution in [0.2, 0.25) is 0 Å². The average molecular weight is 305 g/mol. The summed E-state index contributed by atoms with van der Waals surface area (Å²) in [6.45, 7) is 4.19. The first-order valence-corrected chi connectivity index (χ1v) is 7.43. The SMILES string of the molecule is CC(=O)NC[C@H]1CN(c2cc3cc(C)cnc3s2)C(=O)O1. The molecule has 21 heavy (non-hydrogen) atoms. The molecular weight excluding hydrogens is 290 g/mol. The fourth-order valence-corrected chi connectivity index (χ4v) is 3.21. The number of cyclic esters (lactones) is 1.